The molecule has 0 aliphatic carbocycles. The number of amides is 1. The van der Waals surface area contributed by atoms with Crippen LogP contribution in [0.2, 0.25) is 0 Å². The van der Waals surface area contributed by atoms with E-state index in [4.69, 9.17) is 0 Å². The Morgan fingerprint density at radius 3 is 2.73 bits per heavy atom. The summed E-state index contributed by atoms with van der Waals surface area (Å²) < 4.78 is 1.65. The standard InChI is InChI=1S/C16H15N5O/c1-12-4-2-3-5-15(12)16(22)18-10-13-11-21(20-19-13)14-6-8-17-9-7-14/h2-9,11H,10H2,1H3,(H,18,22). The lowest BCUT2D eigenvalue weighted by molar-refractivity contribution is 0.0950. The van der Waals surface area contributed by atoms with Crippen LogP contribution < -0.4 is 5.32 Å². The molecule has 0 radical (unpaired) electrons. The highest BCUT2D eigenvalue weighted by molar-refractivity contribution is 5.95. The Hall–Kier alpha value is -3.02. The molecule has 3 aromatic rings. The lowest BCUT2D eigenvalue weighted by Crippen LogP contribution is -2.23. The van der Waals surface area contributed by atoms with E-state index >= 15 is 0 Å². The minimum atomic E-state index is -0.114. The zero-order valence-corrected chi connectivity index (χ0v) is 12.1. The smallest absolute Gasteiger partial charge is 0.251 e. The fourth-order valence-electron chi connectivity index (χ4n) is 2.10. The Balaban J connectivity index is 1.67. The Morgan fingerprint density at radius 2 is 1.95 bits per heavy atom. The van der Waals surface area contributed by atoms with Crippen molar-refractivity contribution in [3.63, 3.8) is 0 Å². The first kappa shape index (κ1) is 13.9. The summed E-state index contributed by atoms with van der Waals surface area (Å²) in [6.45, 7) is 2.24. The Bertz CT molecular complexity index is 782. The van der Waals surface area contributed by atoms with E-state index in [-0.39, 0.29) is 5.91 Å². The molecule has 0 fully saturated rings. The van der Waals surface area contributed by atoms with Crippen LogP contribution >= 0.6 is 0 Å². The van der Waals surface area contributed by atoms with Gasteiger partial charge in [0.2, 0.25) is 0 Å². The van der Waals surface area contributed by atoms with Gasteiger partial charge < -0.3 is 5.32 Å². The summed E-state index contributed by atoms with van der Waals surface area (Å²) in [5.41, 5.74) is 3.18. The minimum absolute atomic E-state index is 0.114. The summed E-state index contributed by atoms with van der Waals surface area (Å²) in [5, 5.41) is 11.0. The second-order valence-corrected chi connectivity index (χ2v) is 4.86. The van der Waals surface area contributed by atoms with E-state index < -0.39 is 0 Å². The van der Waals surface area contributed by atoms with Crippen molar-refractivity contribution in [3.8, 4) is 5.69 Å². The van der Waals surface area contributed by atoms with E-state index in [1.165, 1.54) is 0 Å². The number of aromatic nitrogens is 4. The van der Waals surface area contributed by atoms with Crippen LogP contribution in [0.4, 0.5) is 0 Å². The number of benzene rings is 1. The molecule has 1 aromatic carbocycles. The number of hydrogen-bond acceptors (Lipinski definition) is 4. The maximum Gasteiger partial charge on any atom is 0.251 e. The van der Waals surface area contributed by atoms with E-state index in [0.29, 0.717) is 17.8 Å². The van der Waals surface area contributed by atoms with Crippen LogP contribution in [0.25, 0.3) is 5.69 Å². The average molecular weight is 293 g/mol. The SMILES string of the molecule is Cc1ccccc1C(=O)NCc1cn(-c2ccncc2)nn1. The van der Waals surface area contributed by atoms with Crippen molar-refractivity contribution >= 4 is 5.91 Å². The third-order valence-corrected chi connectivity index (χ3v) is 3.29. The third-order valence-electron chi connectivity index (χ3n) is 3.29. The highest BCUT2D eigenvalue weighted by Crippen LogP contribution is 2.08. The van der Waals surface area contributed by atoms with Gasteiger partial charge in [-0.05, 0) is 30.7 Å². The van der Waals surface area contributed by atoms with Crippen molar-refractivity contribution in [1.82, 2.24) is 25.3 Å². The lowest BCUT2D eigenvalue weighted by Gasteiger charge is -2.05. The molecule has 2 heterocycles. The molecule has 1 N–H and O–H groups in total. The highest BCUT2D eigenvalue weighted by Gasteiger charge is 2.09. The van der Waals surface area contributed by atoms with Crippen LogP contribution in [0, 0.1) is 6.92 Å². The number of rotatable bonds is 4. The average Bonchev–Trinajstić information content (AvgIpc) is 3.03. The molecule has 1 amide bonds. The highest BCUT2D eigenvalue weighted by atomic mass is 16.1. The van der Waals surface area contributed by atoms with Gasteiger partial charge in [0, 0.05) is 18.0 Å². The van der Waals surface area contributed by atoms with Gasteiger partial charge in [-0.2, -0.15) is 0 Å². The molecule has 0 bridgehead atoms. The van der Waals surface area contributed by atoms with Crippen LogP contribution in [0.1, 0.15) is 21.6 Å². The summed E-state index contributed by atoms with van der Waals surface area (Å²) in [7, 11) is 0. The Labute approximate surface area is 127 Å². The minimum Gasteiger partial charge on any atom is -0.346 e. The first-order valence-corrected chi connectivity index (χ1v) is 6.89. The van der Waals surface area contributed by atoms with E-state index in [1.54, 1.807) is 29.3 Å². The first-order chi connectivity index (χ1) is 10.7. The van der Waals surface area contributed by atoms with Crippen molar-refractivity contribution in [2.75, 3.05) is 0 Å². The summed E-state index contributed by atoms with van der Waals surface area (Å²) in [4.78, 5) is 16.1. The van der Waals surface area contributed by atoms with Crippen molar-refractivity contribution in [2.24, 2.45) is 0 Å². The normalized spacial score (nSPS) is 10.4. The number of nitrogens with zero attached hydrogens (tertiary/aromatic N) is 4. The van der Waals surface area contributed by atoms with Crippen LogP contribution in [-0.4, -0.2) is 25.9 Å². The van der Waals surface area contributed by atoms with Crippen LogP contribution in [0.3, 0.4) is 0 Å². The maximum atomic E-state index is 12.1. The largest absolute Gasteiger partial charge is 0.346 e. The molecule has 110 valence electrons. The number of pyridine rings is 1. The number of hydrogen-bond donors (Lipinski definition) is 1. The molecule has 0 unspecified atom stereocenters. The van der Waals surface area contributed by atoms with E-state index in [2.05, 4.69) is 20.6 Å². The van der Waals surface area contributed by atoms with E-state index in [1.807, 2.05) is 37.3 Å². The van der Waals surface area contributed by atoms with Crippen LogP contribution in [0.15, 0.2) is 55.0 Å². The Kier molecular flexibility index (Phi) is 3.91. The molecule has 22 heavy (non-hydrogen) atoms. The zero-order valence-electron chi connectivity index (χ0n) is 12.1. The van der Waals surface area contributed by atoms with Gasteiger partial charge in [-0.1, -0.05) is 23.4 Å². The van der Waals surface area contributed by atoms with Gasteiger partial charge in [-0.25, -0.2) is 4.68 Å². The molecule has 6 heteroatoms. The number of aryl methyl sites for hydroxylation is 1. The van der Waals surface area contributed by atoms with Crippen molar-refractivity contribution in [2.45, 2.75) is 13.5 Å². The molecule has 6 nitrogen and oxygen atoms in total. The summed E-state index contributed by atoms with van der Waals surface area (Å²) in [6, 6.07) is 11.1. The molecule has 2 aromatic heterocycles. The van der Waals surface area contributed by atoms with E-state index in [0.717, 1.165) is 11.3 Å². The zero-order chi connectivity index (χ0) is 15.4. The predicted molar refractivity (Wildman–Crippen MR) is 81.5 cm³/mol. The first-order valence-electron chi connectivity index (χ1n) is 6.89. The summed E-state index contributed by atoms with van der Waals surface area (Å²) in [5.74, 6) is -0.114. The van der Waals surface area contributed by atoms with Gasteiger partial charge in [0.15, 0.2) is 0 Å². The molecular weight excluding hydrogens is 278 g/mol. The second-order valence-electron chi connectivity index (χ2n) is 4.86. The molecule has 0 atom stereocenters. The second kappa shape index (κ2) is 6.17. The van der Waals surface area contributed by atoms with Gasteiger partial charge in [0.25, 0.3) is 5.91 Å². The quantitative estimate of drug-likeness (QED) is 0.797. The van der Waals surface area contributed by atoms with Crippen LogP contribution in [0.5, 0.6) is 0 Å². The number of carbonyl (C=O) groups excluding carboxylic acids is 1. The molecular formula is C16H15N5O. The Morgan fingerprint density at radius 1 is 1.18 bits per heavy atom. The molecule has 0 saturated carbocycles. The van der Waals surface area contributed by atoms with Crippen molar-refractivity contribution in [1.29, 1.82) is 0 Å². The van der Waals surface area contributed by atoms with Gasteiger partial charge in [-0.3, -0.25) is 9.78 Å². The van der Waals surface area contributed by atoms with E-state index in [9.17, 15) is 4.79 Å². The van der Waals surface area contributed by atoms with Crippen LogP contribution in [-0.2, 0) is 6.54 Å². The molecule has 0 spiro atoms. The molecule has 0 aliphatic heterocycles. The fraction of sp³-hybridized carbons (Fsp3) is 0.125. The molecule has 0 saturated heterocycles. The predicted octanol–water partition coefficient (Wildman–Crippen LogP) is 1.90. The lowest BCUT2D eigenvalue weighted by atomic mass is 10.1. The third kappa shape index (κ3) is 3.01. The maximum absolute atomic E-state index is 12.1. The topological polar surface area (TPSA) is 72.7 Å². The van der Waals surface area contributed by atoms with Gasteiger partial charge in [0.1, 0.15) is 5.69 Å². The fourth-order valence-corrected chi connectivity index (χ4v) is 2.10. The molecule has 3 rings (SSSR count). The van der Waals surface area contributed by atoms with Gasteiger partial charge in [-0.15, -0.1) is 5.10 Å². The number of carbonyl (C=O) groups is 1. The monoisotopic (exact) mass is 293 g/mol. The number of nitrogens with one attached hydrogen (secondary N) is 1. The summed E-state index contributed by atoms with van der Waals surface area (Å²) in [6.07, 6.45) is 5.17. The van der Waals surface area contributed by atoms with Crippen molar-refractivity contribution in [3.05, 3.63) is 71.8 Å². The summed E-state index contributed by atoms with van der Waals surface area (Å²) >= 11 is 0. The van der Waals surface area contributed by atoms with Gasteiger partial charge >= 0.3 is 0 Å². The van der Waals surface area contributed by atoms with Gasteiger partial charge in [0.05, 0.1) is 18.4 Å². The van der Waals surface area contributed by atoms with Crippen molar-refractivity contribution < 1.29 is 4.79 Å². The molecule has 0 aliphatic rings.